The number of alkyl halides is 1. The molecule has 1 amide bonds. The predicted octanol–water partition coefficient (Wildman–Crippen LogP) is 4.37. The number of fused-ring (bicyclic) bond motifs is 1. The maximum Gasteiger partial charge on any atom is 0.410 e. The number of aromatic nitrogens is 5. The van der Waals surface area contributed by atoms with Crippen molar-refractivity contribution in [3.05, 3.63) is 41.5 Å². The van der Waals surface area contributed by atoms with Gasteiger partial charge < -0.3 is 19.1 Å². The molecule has 0 aromatic carbocycles. The molecule has 2 aliphatic rings. The topological polar surface area (TPSA) is 96.5 Å². The molecule has 1 fully saturated rings. The normalized spacial score (nSPS) is 16.6. The molecular formula is C28H37FN6O4. The first-order valence-corrected chi connectivity index (χ1v) is 13.5. The van der Waals surface area contributed by atoms with Crippen LogP contribution in [0, 0.1) is 5.92 Å². The van der Waals surface area contributed by atoms with Crippen molar-refractivity contribution in [1.82, 2.24) is 29.4 Å². The van der Waals surface area contributed by atoms with Gasteiger partial charge in [0.1, 0.15) is 12.3 Å². The average Bonchev–Trinajstić information content (AvgIpc) is 3.44. The lowest BCUT2D eigenvalue weighted by molar-refractivity contribution is 0.0177. The standard InChI is InChI=1S/C28H37FN6O4/c1-28(2,3)39-27(36)33-9-5-19(6-10-33)17-34-18-21(15-31-34)25-23-7-11-38-12-8-24(23)35(32-25)22-13-20(14-29)26(37-4)30-16-22/h13,15-16,18-19H,5-12,14,17H2,1-4H3. The van der Waals surface area contributed by atoms with Crippen LogP contribution in [0.15, 0.2) is 24.7 Å². The van der Waals surface area contributed by atoms with E-state index in [9.17, 15) is 9.18 Å². The summed E-state index contributed by atoms with van der Waals surface area (Å²) in [5, 5.41) is 9.62. The molecule has 0 saturated carbocycles. The van der Waals surface area contributed by atoms with Crippen molar-refractivity contribution in [2.75, 3.05) is 33.4 Å². The Labute approximate surface area is 228 Å². The molecule has 10 nitrogen and oxygen atoms in total. The van der Waals surface area contributed by atoms with Crippen molar-refractivity contribution in [2.24, 2.45) is 5.92 Å². The van der Waals surface area contributed by atoms with Gasteiger partial charge in [-0.15, -0.1) is 0 Å². The van der Waals surface area contributed by atoms with Gasteiger partial charge in [0, 0.05) is 48.9 Å². The Balaban J connectivity index is 1.33. The van der Waals surface area contributed by atoms with Gasteiger partial charge in [-0.3, -0.25) is 4.68 Å². The summed E-state index contributed by atoms with van der Waals surface area (Å²) < 4.78 is 34.0. The van der Waals surface area contributed by atoms with Crippen LogP contribution in [0.1, 0.15) is 50.4 Å². The van der Waals surface area contributed by atoms with Crippen LogP contribution < -0.4 is 4.74 Å². The van der Waals surface area contributed by atoms with E-state index in [1.54, 1.807) is 17.2 Å². The molecule has 39 heavy (non-hydrogen) atoms. The molecule has 210 valence electrons. The van der Waals surface area contributed by atoms with Crippen molar-refractivity contribution in [3.63, 3.8) is 0 Å². The van der Waals surface area contributed by atoms with Gasteiger partial charge in [-0.2, -0.15) is 10.2 Å². The fraction of sp³-hybridized carbons (Fsp3) is 0.571. The highest BCUT2D eigenvalue weighted by atomic mass is 19.1. The van der Waals surface area contributed by atoms with Gasteiger partial charge in [0.05, 0.1) is 49.8 Å². The molecule has 11 heteroatoms. The highest BCUT2D eigenvalue weighted by molar-refractivity contribution is 5.68. The van der Waals surface area contributed by atoms with Gasteiger partial charge in [-0.25, -0.2) is 18.9 Å². The lowest BCUT2D eigenvalue weighted by Gasteiger charge is -2.33. The summed E-state index contributed by atoms with van der Waals surface area (Å²) in [6.45, 7) is 8.34. The molecule has 2 aliphatic heterocycles. The Morgan fingerprint density at radius 2 is 1.95 bits per heavy atom. The fourth-order valence-electron chi connectivity index (χ4n) is 5.25. The summed E-state index contributed by atoms with van der Waals surface area (Å²) in [4.78, 5) is 18.5. The van der Waals surface area contributed by atoms with Gasteiger partial charge in [0.25, 0.3) is 0 Å². The zero-order valence-corrected chi connectivity index (χ0v) is 23.2. The van der Waals surface area contributed by atoms with Crippen LogP contribution in [0.25, 0.3) is 16.9 Å². The number of pyridine rings is 1. The molecule has 0 N–H and O–H groups in total. The molecule has 5 rings (SSSR count). The van der Waals surface area contributed by atoms with Crippen LogP contribution in [0.5, 0.6) is 5.88 Å². The number of halogens is 1. The molecule has 0 spiro atoms. The number of carbonyl (C=O) groups excluding carboxylic acids is 1. The molecule has 0 atom stereocenters. The van der Waals surface area contributed by atoms with Gasteiger partial charge in [-0.05, 0) is 52.0 Å². The number of nitrogens with zero attached hydrogens (tertiary/aromatic N) is 6. The number of rotatable bonds is 6. The third kappa shape index (κ3) is 6.08. The van der Waals surface area contributed by atoms with E-state index in [1.165, 1.54) is 7.11 Å². The van der Waals surface area contributed by atoms with E-state index in [0.29, 0.717) is 49.9 Å². The molecular weight excluding hydrogens is 503 g/mol. The molecule has 0 unspecified atom stereocenters. The van der Waals surface area contributed by atoms with Gasteiger partial charge in [0.15, 0.2) is 0 Å². The van der Waals surface area contributed by atoms with Crippen LogP contribution in [0.3, 0.4) is 0 Å². The van der Waals surface area contributed by atoms with E-state index in [2.05, 4.69) is 10.1 Å². The molecule has 0 bridgehead atoms. The first-order valence-electron chi connectivity index (χ1n) is 13.5. The number of carbonyl (C=O) groups is 1. The zero-order valence-electron chi connectivity index (χ0n) is 23.2. The Morgan fingerprint density at radius 3 is 2.67 bits per heavy atom. The first-order chi connectivity index (χ1) is 18.8. The van der Waals surface area contributed by atoms with Crippen LogP contribution in [-0.4, -0.2) is 74.6 Å². The second kappa shape index (κ2) is 11.3. The molecule has 5 heterocycles. The van der Waals surface area contributed by atoms with Gasteiger partial charge in [-0.1, -0.05) is 0 Å². The summed E-state index contributed by atoms with van der Waals surface area (Å²) in [5.74, 6) is 0.699. The Morgan fingerprint density at radius 1 is 1.18 bits per heavy atom. The maximum atomic E-state index is 13.7. The van der Waals surface area contributed by atoms with Crippen molar-refractivity contribution in [2.45, 2.75) is 65.3 Å². The second-order valence-electron chi connectivity index (χ2n) is 11.2. The zero-order chi connectivity index (χ0) is 27.6. The molecule has 0 radical (unpaired) electrons. The smallest absolute Gasteiger partial charge is 0.410 e. The lowest BCUT2D eigenvalue weighted by Crippen LogP contribution is -2.42. The van der Waals surface area contributed by atoms with Crippen LogP contribution in [0.2, 0.25) is 0 Å². The molecule has 0 aliphatic carbocycles. The average molecular weight is 541 g/mol. The summed E-state index contributed by atoms with van der Waals surface area (Å²) in [6, 6.07) is 1.74. The molecule has 3 aromatic heterocycles. The SMILES string of the molecule is COc1ncc(-n2nc(-c3cnn(CC4CCN(C(=O)OC(C)(C)C)CC4)c3)c3c2CCOCC3)cc1CF. The fourth-order valence-corrected chi connectivity index (χ4v) is 5.25. The number of methoxy groups -OCH3 is 1. The van der Waals surface area contributed by atoms with Crippen LogP contribution in [-0.2, 0) is 35.5 Å². The summed E-state index contributed by atoms with van der Waals surface area (Å²) in [7, 11) is 1.48. The molecule has 1 saturated heterocycles. The summed E-state index contributed by atoms with van der Waals surface area (Å²) in [6.07, 6.45) is 8.55. The highest BCUT2D eigenvalue weighted by Crippen LogP contribution is 2.31. The summed E-state index contributed by atoms with van der Waals surface area (Å²) in [5.41, 5.74) is 4.55. The Hall–Kier alpha value is -3.47. The highest BCUT2D eigenvalue weighted by Gasteiger charge is 2.28. The number of hydrogen-bond donors (Lipinski definition) is 0. The minimum absolute atomic E-state index is 0.242. The number of ether oxygens (including phenoxy) is 3. The van der Waals surface area contributed by atoms with E-state index in [-0.39, 0.29) is 12.0 Å². The van der Waals surface area contributed by atoms with E-state index < -0.39 is 12.3 Å². The maximum absolute atomic E-state index is 13.7. The van der Waals surface area contributed by atoms with Crippen LogP contribution in [0.4, 0.5) is 9.18 Å². The minimum atomic E-state index is -0.674. The monoisotopic (exact) mass is 540 g/mol. The largest absolute Gasteiger partial charge is 0.481 e. The Bertz CT molecular complexity index is 1310. The number of hydrogen-bond acceptors (Lipinski definition) is 7. The lowest BCUT2D eigenvalue weighted by atomic mass is 9.97. The van der Waals surface area contributed by atoms with E-state index in [1.807, 2.05) is 42.5 Å². The van der Waals surface area contributed by atoms with E-state index >= 15 is 0 Å². The quantitative estimate of drug-likeness (QED) is 0.458. The van der Waals surface area contributed by atoms with Crippen molar-refractivity contribution in [3.8, 4) is 22.8 Å². The molecule has 3 aromatic rings. The van der Waals surface area contributed by atoms with Crippen molar-refractivity contribution < 1.29 is 23.4 Å². The van der Waals surface area contributed by atoms with E-state index in [4.69, 9.17) is 19.3 Å². The second-order valence-corrected chi connectivity index (χ2v) is 11.2. The van der Waals surface area contributed by atoms with Crippen molar-refractivity contribution in [1.29, 1.82) is 0 Å². The number of amides is 1. The summed E-state index contributed by atoms with van der Waals surface area (Å²) >= 11 is 0. The predicted molar refractivity (Wildman–Crippen MR) is 143 cm³/mol. The third-order valence-corrected chi connectivity index (χ3v) is 7.18. The van der Waals surface area contributed by atoms with Gasteiger partial charge in [0.2, 0.25) is 5.88 Å². The first kappa shape index (κ1) is 27.1. The van der Waals surface area contributed by atoms with E-state index in [0.717, 1.165) is 48.3 Å². The number of piperidine rings is 1. The minimum Gasteiger partial charge on any atom is -0.481 e. The van der Waals surface area contributed by atoms with Gasteiger partial charge >= 0.3 is 6.09 Å². The number of likely N-dealkylation sites (tertiary alicyclic amines) is 1. The third-order valence-electron chi connectivity index (χ3n) is 7.18. The van der Waals surface area contributed by atoms with Crippen LogP contribution >= 0.6 is 0 Å². The van der Waals surface area contributed by atoms with Crippen molar-refractivity contribution >= 4 is 6.09 Å². The Kier molecular flexibility index (Phi) is 7.88.